The minimum atomic E-state index is -4.58. The van der Waals surface area contributed by atoms with Gasteiger partial charge < -0.3 is 5.11 Å². The van der Waals surface area contributed by atoms with E-state index in [0.717, 1.165) is 18.4 Å². The highest BCUT2D eigenvalue weighted by molar-refractivity contribution is 6.01. The smallest absolute Gasteiger partial charge is 0.380 e. The summed E-state index contributed by atoms with van der Waals surface area (Å²) in [6.07, 6.45) is 3.64. The highest BCUT2D eigenvalue weighted by Crippen LogP contribution is 2.69. The largest absolute Gasteiger partial charge is 0.417 e. The Morgan fingerprint density at radius 1 is 1.12 bits per heavy atom. The van der Waals surface area contributed by atoms with Crippen LogP contribution in [0.4, 0.5) is 13.2 Å². The fourth-order valence-corrected chi connectivity index (χ4v) is 6.68. The predicted octanol–water partition coefficient (Wildman–Crippen LogP) is 4.59. The number of aliphatic hydroxyl groups is 1. The molecular weight excluding hydrogens is 329 g/mol. The van der Waals surface area contributed by atoms with Gasteiger partial charge in [0.2, 0.25) is 0 Å². The minimum Gasteiger partial charge on any atom is -0.380 e. The average Bonchev–Trinajstić information content (AvgIpc) is 2.81. The van der Waals surface area contributed by atoms with E-state index >= 15 is 0 Å². The second-order valence-corrected chi connectivity index (χ2v) is 8.96. The zero-order valence-corrected chi connectivity index (χ0v) is 14.7. The maximum absolute atomic E-state index is 13.7. The Bertz CT molecular complexity index is 679. The molecule has 1 unspecified atom stereocenters. The van der Waals surface area contributed by atoms with Gasteiger partial charge in [0.05, 0.1) is 0 Å². The van der Waals surface area contributed by atoms with Crippen molar-refractivity contribution < 1.29 is 23.1 Å². The quantitative estimate of drug-likeness (QED) is 0.691. The second kappa shape index (κ2) is 4.99. The molecule has 5 heteroatoms. The topological polar surface area (TPSA) is 37.3 Å². The van der Waals surface area contributed by atoms with Crippen LogP contribution in [-0.4, -0.2) is 22.7 Å². The molecule has 25 heavy (non-hydrogen) atoms. The molecule has 0 heterocycles. The Morgan fingerprint density at radius 3 is 2.48 bits per heavy atom. The summed E-state index contributed by atoms with van der Waals surface area (Å²) in [6.45, 7) is 3.79. The maximum Gasteiger partial charge on any atom is 0.417 e. The number of hydrogen-bond acceptors (Lipinski definition) is 2. The monoisotopic (exact) mass is 354 g/mol. The summed E-state index contributed by atoms with van der Waals surface area (Å²) in [6, 6.07) is 0. The number of rotatable bonds is 0. The maximum atomic E-state index is 13.7. The van der Waals surface area contributed by atoms with E-state index in [4.69, 9.17) is 0 Å². The molecule has 2 nitrogen and oxygen atoms in total. The summed E-state index contributed by atoms with van der Waals surface area (Å²) in [5, 5.41) is 10.6. The molecule has 3 saturated carbocycles. The van der Waals surface area contributed by atoms with E-state index in [0.29, 0.717) is 19.3 Å². The molecule has 0 spiro atoms. The van der Waals surface area contributed by atoms with Gasteiger partial charge in [-0.1, -0.05) is 25.5 Å². The van der Waals surface area contributed by atoms with Crippen molar-refractivity contribution in [3.05, 3.63) is 23.8 Å². The van der Waals surface area contributed by atoms with Crippen LogP contribution >= 0.6 is 0 Å². The van der Waals surface area contributed by atoms with Crippen molar-refractivity contribution in [3.8, 4) is 0 Å². The Labute approximate surface area is 146 Å². The van der Waals surface area contributed by atoms with E-state index in [2.05, 4.69) is 6.92 Å². The van der Waals surface area contributed by atoms with Crippen molar-refractivity contribution in [2.45, 2.75) is 64.1 Å². The molecule has 6 atom stereocenters. The molecule has 0 aromatic rings. The lowest BCUT2D eigenvalue weighted by molar-refractivity contribution is -0.302. The molecule has 4 aliphatic carbocycles. The molecule has 0 radical (unpaired) electrons. The standard InChI is InChI=1S/C20H25F3O2/c1-17-8-5-13(24)11-12(17)3-4-14-15(17)6-9-18(2)16(14)7-10-19(18,25)20(21,22)23/h5,8,11,14-16,25H,3-4,6-7,9-10H2,1-2H3/t14-,15-,16+,17+,18+,19?/m1/s1. The zero-order valence-electron chi connectivity index (χ0n) is 14.7. The van der Waals surface area contributed by atoms with Crippen LogP contribution in [0, 0.1) is 28.6 Å². The van der Waals surface area contributed by atoms with Crippen LogP contribution in [0.25, 0.3) is 0 Å². The first kappa shape index (κ1) is 17.3. The lowest BCUT2D eigenvalue weighted by atomic mass is 9.47. The first-order chi connectivity index (χ1) is 11.5. The first-order valence-corrected chi connectivity index (χ1v) is 9.26. The Morgan fingerprint density at radius 2 is 1.80 bits per heavy atom. The second-order valence-electron chi connectivity index (χ2n) is 8.96. The Balaban J connectivity index is 1.71. The van der Waals surface area contributed by atoms with Crippen molar-refractivity contribution >= 4 is 5.78 Å². The van der Waals surface area contributed by atoms with E-state index < -0.39 is 17.2 Å². The third kappa shape index (κ3) is 2.05. The van der Waals surface area contributed by atoms with Crippen LogP contribution in [-0.2, 0) is 4.79 Å². The number of halogens is 3. The third-order valence-electron chi connectivity index (χ3n) is 8.18. The van der Waals surface area contributed by atoms with Crippen LogP contribution in [0.2, 0.25) is 0 Å². The van der Waals surface area contributed by atoms with Gasteiger partial charge in [-0.05, 0) is 68.4 Å². The highest BCUT2D eigenvalue weighted by Gasteiger charge is 2.72. The summed E-state index contributed by atoms with van der Waals surface area (Å²) >= 11 is 0. The predicted molar refractivity (Wildman–Crippen MR) is 87.6 cm³/mol. The van der Waals surface area contributed by atoms with Gasteiger partial charge >= 0.3 is 6.18 Å². The molecule has 3 fully saturated rings. The molecule has 138 valence electrons. The van der Waals surface area contributed by atoms with Gasteiger partial charge in [-0.2, -0.15) is 13.2 Å². The molecule has 0 saturated heterocycles. The van der Waals surface area contributed by atoms with Crippen molar-refractivity contribution in [2.24, 2.45) is 28.6 Å². The molecule has 4 aliphatic rings. The lowest BCUT2D eigenvalue weighted by Crippen LogP contribution is -2.59. The van der Waals surface area contributed by atoms with Crippen LogP contribution < -0.4 is 0 Å². The van der Waals surface area contributed by atoms with E-state index in [9.17, 15) is 23.1 Å². The van der Waals surface area contributed by atoms with E-state index in [-0.39, 0.29) is 35.4 Å². The third-order valence-corrected chi connectivity index (χ3v) is 8.18. The summed E-state index contributed by atoms with van der Waals surface area (Å²) in [5.74, 6) is 0.335. The summed E-state index contributed by atoms with van der Waals surface area (Å²) in [7, 11) is 0. The summed E-state index contributed by atoms with van der Waals surface area (Å²) < 4.78 is 41.0. The molecule has 0 amide bonds. The van der Waals surface area contributed by atoms with Crippen LogP contribution in [0.5, 0.6) is 0 Å². The van der Waals surface area contributed by atoms with Gasteiger partial charge in [-0.3, -0.25) is 4.79 Å². The summed E-state index contributed by atoms with van der Waals surface area (Å²) in [4.78, 5) is 11.7. The van der Waals surface area contributed by atoms with Crippen molar-refractivity contribution in [3.63, 3.8) is 0 Å². The van der Waals surface area contributed by atoms with Crippen LogP contribution in [0.15, 0.2) is 23.8 Å². The van der Waals surface area contributed by atoms with E-state index in [1.807, 2.05) is 6.08 Å². The van der Waals surface area contributed by atoms with Gasteiger partial charge in [0, 0.05) is 10.8 Å². The fourth-order valence-electron chi connectivity index (χ4n) is 6.68. The Hall–Kier alpha value is -1.10. The van der Waals surface area contributed by atoms with Gasteiger partial charge in [-0.25, -0.2) is 0 Å². The number of allylic oxidation sites excluding steroid dienone is 4. The van der Waals surface area contributed by atoms with Crippen LogP contribution in [0.3, 0.4) is 0 Å². The minimum absolute atomic E-state index is 0.0129. The number of alkyl halides is 3. The molecule has 0 bridgehead atoms. The van der Waals surface area contributed by atoms with Gasteiger partial charge in [0.25, 0.3) is 0 Å². The zero-order chi connectivity index (χ0) is 18.3. The van der Waals surface area contributed by atoms with Crippen LogP contribution in [0.1, 0.15) is 52.4 Å². The highest BCUT2D eigenvalue weighted by atomic mass is 19.4. The number of fused-ring (bicyclic) bond motifs is 5. The SMILES string of the molecule is C[C@]12C=CC(=O)C=C1CC[C@@H]1[C@H]2CC[C@@]2(C)[C@H]1CCC2(O)C(F)(F)F. The summed E-state index contributed by atoms with van der Waals surface area (Å²) in [5.41, 5.74) is -2.76. The lowest BCUT2D eigenvalue weighted by Gasteiger charge is -2.58. The first-order valence-electron chi connectivity index (χ1n) is 9.26. The molecule has 0 aromatic carbocycles. The molecule has 0 aromatic heterocycles. The molecule has 0 aliphatic heterocycles. The van der Waals surface area contributed by atoms with Gasteiger partial charge in [0.1, 0.15) is 0 Å². The van der Waals surface area contributed by atoms with E-state index in [1.165, 1.54) is 0 Å². The molecule has 1 N–H and O–H groups in total. The van der Waals surface area contributed by atoms with E-state index in [1.54, 1.807) is 19.1 Å². The number of hydrogen-bond donors (Lipinski definition) is 1. The van der Waals surface area contributed by atoms with Crippen molar-refractivity contribution in [1.82, 2.24) is 0 Å². The fraction of sp³-hybridized carbons (Fsp3) is 0.750. The normalized spacial score (nSPS) is 49.3. The van der Waals surface area contributed by atoms with Gasteiger partial charge in [-0.15, -0.1) is 0 Å². The number of carbonyl (C=O) groups excluding carboxylic acids is 1. The van der Waals surface area contributed by atoms with Crippen molar-refractivity contribution in [1.29, 1.82) is 0 Å². The molecular formula is C20H25F3O2. The molecule has 4 rings (SSSR count). The Kier molecular flexibility index (Phi) is 3.46. The number of carbonyl (C=O) groups is 1. The van der Waals surface area contributed by atoms with Gasteiger partial charge in [0.15, 0.2) is 11.4 Å². The average molecular weight is 354 g/mol. The number of ketones is 1. The van der Waals surface area contributed by atoms with Crippen molar-refractivity contribution in [2.75, 3.05) is 0 Å².